The van der Waals surface area contributed by atoms with E-state index in [1.807, 2.05) is 0 Å². The van der Waals surface area contributed by atoms with E-state index in [1.54, 1.807) is 0 Å². The molecule has 0 atom stereocenters. The zero-order valence-electron chi connectivity index (χ0n) is 7.88. The van der Waals surface area contributed by atoms with E-state index in [4.69, 9.17) is 5.11 Å². The maximum absolute atomic E-state index is 10.1. The first kappa shape index (κ1) is 11.5. The number of carbonyl (C=O) groups is 1. The Hall–Kier alpha value is -0.530. The van der Waals surface area contributed by atoms with Gasteiger partial charge in [0.2, 0.25) is 0 Å². The van der Waals surface area contributed by atoms with Crippen molar-refractivity contribution in [3.05, 3.63) is 6.42 Å². The van der Waals surface area contributed by atoms with Crippen molar-refractivity contribution in [2.45, 2.75) is 51.9 Å². The van der Waals surface area contributed by atoms with E-state index < -0.39 is 5.97 Å². The lowest BCUT2D eigenvalue weighted by Crippen LogP contribution is -1.93. The minimum Gasteiger partial charge on any atom is -0.481 e. The molecule has 0 saturated heterocycles. The van der Waals surface area contributed by atoms with Crippen molar-refractivity contribution in [1.82, 2.24) is 0 Å². The monoisotopic (exact) mass is 171 g/mol. The number of unbranched alkanes of at least 4 members (excludes halogenated alkanes) is 6. The molecule has 0 aliphatic rings. The van der Waals surface area contributed by atoms with Gasteiger partial charge in [0.15, 0.2) is 0 Å². The summed E-state index contributed by atoms with van der Waals surface area (Å²) in [5.41, 5.74) is 0. The highest BCUT2D eigenvalue weighted by molar-refractivity contribution is 5.66. The number of carboxylic acid groups (broad SMARTS) is 1. The van der Waals surface area contributed by atoms with Crippen LogP contribution in [-0.2, 0) is 4.79 Å². The van der Waals surface area contributed by atoms with Crippen molar-refractivity contribution in [3.8, 4) is 0 Å². The molecule has 0 aliphatic heterocycles. The predicted octanol–water partition coefficient (Wildman–Crippen LogP) is 3.03. The maximum Gasteiger partial charge on any atom is 0.303 e. The Morgan fingerprint density at radius 3 is 2.58 bits per heavy atom. The van der Waals surface area contributed by atoms with Gasteiger partial charge in [-0.3, -0.25) is 4.79 Å². The van der Waals surface area contributed by atoms with Gasteiger partial charge in [0.1, 0.15) is 0 Å². The van der Waals surface area contributed by atoms with E-state index in [-0.39, 0.29) is 0 Å². The molecule has 0 amide bonds. The minimum atomic E-state index is -0.674. The highest BCUT2D eigenvalue weighted by atomic mass is 16.4. The third-order valence-corrected chi connectivity index (χ3v) is 1.79. The molecule has 0 heterocycles. The fourth-order valence-electron chi connectivity index (χ4n) is 1.09. The Labute approximate surface area is 75.0 Å². The molecule has 0 unspecified atom stereocenters. The van der Waals surface area contributed by atoms with E-state index in [0.717, 1.165) is 25.7 Å². The van der Waals surface area contributed by atoms with Crippen LogP contribution in [0.15, 0.2) is 0 Å². The minimum absolute atomic E-state index is 0.327. The van der Waals surface area contributed by atoms with Gasteiger partial charge in [0, 0.05) is 6.42 Å². The van der Waals surface area contributed by atoms with E-state index in [9.17, 15) is 4.79 Å². The fourth-order valence-corrected chi connectivity index (χ4v) is 1.09. The second kappa shape index (κ2) is 8.57. The first-order chi connectivity index (χ1) is 5.77. The molecule has 0 aromatic carbocycles. The van der Waals surface area contributed by atoms with E-state index in [0.29, 0.717) is 6.42 Å². The largest absolute Gasteiger partial charge is 0.481 e. The normalized spacial score (nSPS) is 10.1. The highest BCUT2D eigenvalue weighted by Crippen LogP contribution is 2.07. The molecule has 0 fully saturated rings. The van der Waals surface area contributed by atoms with Crippen LogP contribution in [0.1, 0.15) is 51.9 Å². The topological polar surface area (TPSA) is 37.3 Å². The van der Waals surface area contributed by atoms with Gasteiger partial charge in [-0.15, -0.1) is 0 Å². The molecule has 71 valence electrons. The Morgan fingerprint density at radius 2 is 2.00 bits per heavy atom. The number of hydrogen-bond donors (Lipinski definition) is 1. The van der Waals surface area contributed by atoms with Crippen molar-refractivity contribution in [3.63, 3.8) is 0 Å². The number of aliphatic carboxylic acids is 1. The Bertz CT molecular complexity index is 110. The molecule has 2 heteroatoms. The van der Waals surface area contributed by atoms with Crippen LogP contribution in [0.25, 0.3) is 0 Å². The van der Waals surface area contributed by atoms with Gasteiger partial charge >= 0.3 is 5.97 Å². The maximum atomic E-state index is 10.1. The molecule has 0 spiro atoms. The van der Waals surface area contributed by atoms with E-state index in [1.165, 1.54) is 12.8 Å². The molecule has 0 rings (SSSR count). The van der Waals surface area contributed by atoms with Gasteiger partial charge in [0.05, 0.1) is 0 Å². The summed E-state index contributed by atoms with van der Waals surface area (Å²) in [6.07, 6.45) is 9.20. The van der Waals surface area contributed by atoms with Gasteiger partial charge in [-0.2, -0.15) is 0 Å². The Kier molecular flexibility index (Phi) is 8.19. The van der Waals surface area contributed by atoms with Crippen molar-refractivity contribution < 1.29 is 9.90 Å². The van der Waals surface area contributed by atoms with Crippen molar-refractivity contribution in [2.75, 3.05) is 0 Å². The summed E-state index contributed by atoms with van der Waals surface area (Å²) >= 11 is 0. The fraction of sp³-hybridized carbons (Fsp3) is 0.800. The lowest BCUT2D eigenvalue weighted by molar-refractivity contribution is -0.137. The summed E-state index contributed by atoms with van der Waals surface area (Å²) < 4.78 is 0. The van der Waals surface area contributed by atoms with Crippen LogP contribution in [0.5, 0.6) is 0 Å². The van der Waals surface area contributed by atoms with Crippen LogP contribution >= 0.6 is 0 Å². The summed E-state index contributed by atoms with van der Waals surface area (Å²) in [6, 6.07) is 0. The highest BCUT2D eigenvalue weighted by Gasteiger charge is 1.95. The molecule has 0 aromatic rings. The van der Waals surface area contributed by atoms with E-state index in [2.05, 4.69) is 13.3 Å². The van der Waals surface area contributed by atoms with Crippen molar-refractivity contribution in [1.29, 1.82) is 0 Å². The van der Waals surface area contributed by atoms with Crippen LogP contribution in [0, 0.1) is 6.42 Å². The third kappa shape index (κ3) is 9.47. The summed E-state index contributed by atoms with van der Waals surface area (Å²) in [7, 11) is 0. The van der Waals surface area contributed by atoms with Gasteiger partial charge in [-0.05, 0) is 12.8 Å². The Morgan fingerprint density at radius 1 is 1.25 bits per heavy atom. The van der Waals surface area contributed by atoms with Crippen LogP contribution in [0.4, 0.5) is 0 Å². The van der Waals surface area contributed by atoms with Crippen LogP contribution in [-0.4, -0.2) is 11.1 Å². The molecular formula is C10H19O2. The van der Waals surface area contributed by atoms with Crippen LogP contribution in [0.2, 0.25) is 0 Å². The first-order valence-electron chi connectivity index (χ1n) is 4.80. The molecule has 0 aliphatic carbocycles. The summed E-state index contributed by atoms with van der Waals surface area (Å²) in [6.45, 7) is 2.17. The lowest BCUT2D eigenvalue weighted by atomic mass is 10.1. The Balaban J connectivity index is 2.86. The second-order valence-electron chi connectivity index (χ2n) is 3.07. The third-order valence-electron chi connectivity index (χ3n) is 1.79. The van der Waals surface area contributed by atoms with Crippen LogP contribution in [0.3, 0.4) is 0 Å². The SMILES string of the molecule is CCC[CH]CCCCCC(=O)O. The number of carboxylic acids is 1. The van der Waals surface area contributed by atoms with Gasteiger partial charge in [-0.25, -0.2) is 0 Å². The van der Waals surface area contributed by atoms with Gasteiger partial charge in [0.25, 0.3) is 0 Å². The van der Waals surface area contributed by atoms with Crippen molar-refractivity contribution >= 4 is 5.97 Å². The quantitative estimate of drug-likeness (QED) is 0.570. The molecule has 1 N–H and O–H groups in total. The molecule has 1 radical (unpaired) electrons. The average Bonchev–Trinajstić information content (AvgIpc) is 2.02. The second-order valence-corrected chi connectivity index (χ2v) is 3.07. The average molecular weight is 171 g/mol. The molecular weight excluding hydrogens is 152 g/mol. The summed E-state index contributed by atoms with van der Waals surface area (Å²) in [5, 5.41) is 8.35. The standard InChI is InChI=1S/C10H19O2/c1-2-3-4-5-6-7-8-9-10(11)12/h4H,2-3,5-9H2,1H3,(H,11,12). The van der Waals surface area contributed by atoms with Gasteiger partial charge < -0.3 is 5.11 Å². The number of rotatable bonds is 8. The van der Waals surface area contributed by atoms with Gasteiger partial charge in [-0.1, -0.05) is 39.0 Å². The zero-order valence-corrected chi connectivity index (χ0v) is 7.88. The predicted molar refractivity (Wildman–Crippen MR) is 49.9 cm³/mol. The van der Waals surface area contributed by atoms with Crippen molar-refractivity contribution in [2.24, 2.45) is 0 Å². The summed E-state index contributed by atoms with van der Waals surface area (Å²) in [5.74, 6) is -0.674. The molecule has 0 saturated carbocycles. The van der Waals surface area contributed by atoms with E-state index >= 15 is 0 Å². The zero-order chi connectivity index (χ0) is 9.23. The van der Waals surface area contributed by atoms with Crippen LogP contribution < -0.4 is 0 Å². The number of hydrogen-bond acceptors (Lipinski definition) is 1. The molecule has 0 bridgehead atoms. The first-order valence-corrected chi connectivity index (χ1v) is 4.80. The molecule has 0 aromatic heterocycles. The molecule has 12 heavy (non-hydrogen) atoms. The molecule has 2 nitrogen and oxygen atoms in total. The lowest BCUT2D eigenvalue weighted by Gasteiger charge is -1.98. The summed E-state index contributed by atoms with van der Waals surface area (Å²) in [4.78, 5) is 10.1. The smallest absolute Gasteiger partial charge is 0.303 e.